The van der Waals surface area contributed by atoms with Crippen molar-refractivity contribution in [3.05, 3.63) is 11.9 Å². The number of unbranched alkanes of at least 4 members (excludes halogenated alkanes) is 1. The van der Waals surface area contributed by atoms with Gasteiger partial charge in [-0.15, -0.1) is 0 Å². The van der Waals surface area contributed by atoms with Crippen molar-refractivity contribution < 1.29 is 19.8 Å². The van der Waals surface area contributed by atoms with Gasteiger partial charge in [-0.2, -0.15) is 0 Å². The Morgan fingerprint density at radius 1 is 1.00 bits per heavy atom. The molecule has 0 spiro atoms. The average Bonchev–Trinajstić information content (AvgIpc) is 2.35. The van der Waals surface area contributed by atoms with Crippen LogP contribution in [0.5, 0.6) is 0 Å². The van der Waals surface area contributed by atoms with E-state index in [1.807, 2.05) is 13.8 Å². The molecule has 5 N–H and O–H groups in total. The molecule has 0 fully saturated rings. The second-order valence-electron chi connectivity index (χ2n) is 3.77. The molecule has 0 heterocycles. The first-order chi connectivity index (χ1) is 9.02. The molecule has 0 aliphatic carbocycles. The van der Waals surface area contributed by atoms with Gasteiger partial charge >= 0.3 is 11.9 Å². The van der Waals surface area contributed by atoms with Crippen molar-refractivity contribution >= 4 is 11.9 Å². The Bertz CT molecular complexity index is 278. The van der Waals surface area contributed by atoms with Crippen LogP contribution < -0.4 is 11.1 Å². The Labute approximate surface area is 114 Å². The highest BCUT2D eigenvalue weighted by molar-refractivity contribution is 5.66. The Balaban J connectivity index is 0. The third kappa shape index (κ3) is 18.8. The number of carbonyl (C=O) groups is 2. The van der Waals surface area contributed by atoms with E-state index in [0.717, 1.165) is 6.42 Å². The zero-order chi connectivity index (χ0) is 15.1. The third-order valence-electron chi connectivity index (χ3n) is 2.11. The summed E-state index contributed by atoms with van der Waals surface area (Å²) in [4.78, 5) is 20.5. The number of nitrogens with two attached hydrogens (primary N) is 1. The summed E-state index contributed by atoms with van der Waals surface area (Å²) in [6.45, 7) is 4.67. The van der Waals surface area contributed by atoms with E-state index in [2.05, 4.69) is 5.32 Å². The van der Waals surface area contributed by atoms with Crippen LogP contribution in [0, 0.1) is 0 Å². The minimum Gasteiger partial charge on any atom is -0.481 e. The fraction of sp³-hybridized carbons (Fsp3) is 0.692. The van der Waals surface area contributed by atoms with E-state index in [0.29, 0.717) is 31.5 Å². The van der Waals surface area contributed by atoms with Gasteiger partial charge in [-0.05, 0) is 25.7 Å². The number of nitrogens with one attached hydrogen (secondary N) is 1. The minimum atomic E-state index is -0.820. The van der Waals surface area contributed by atoms with Crippen LogP contribution in [0.25, 0.3) is 0 Å². The predicted molar refractivity (Wildman–Crippen MR) is 74.6 cm³/mol. The van der Waals surface area contributed by atoms with Crippen molar-refractivity contribution in [3.8, 4) is 0 Å². The first-order valence-corrected chi connectivity index (χ1v) is 6.64. The van der Waals surface area contributed by atoms with Gasteiger partial charge in [0.1, 0.15) is 0 Å². The summed E-state index contributed by atoms with van der Waals surface area (Å²) < 4.78 is 0. The number of allylic oxidation sites excluding steroid dienone is 1. The van der Waals surface area contributed by atoms with E-state index < -0.39 is 11.9 Å². The molecule has 0 aliphatic rings. The lowest BCUT2D eigenvalue weighted by Gasteiger charge is -2.03. The van der Waals surface area contributed by atoms with Gasteiger partial charge in [-0.3, -0.25) is 9.59 Å². The maximum absolute atomic E-state index is 10.2. The fourth-order valence-corrected chi connectivity index (χ4v) is 1.22. The van der Waals surface area contributed by atoms with Crippen LogP contribution in [-0.4, -0.2) is 28.7 Å². The molecule has 6 heteroatoms. The molecule has 0 unspecified atom stereocenters. The van der Waals surface area contributed by atoms with Crippen molar-refractivity contribution in [1.82, 2.24) is 5.32 Å². The smallest absolute Gasteiger partial charge is 0.303 e. The summed E-state index contributed by atoms with van der Waals surface area (Å²) in [7, 11) is 0. The lowest BCUT2D eigenvalue weighted by molar-refractivity contribution is -0.138. The van der Waals surface area contributed by atoms with Gasteiger partial charge in [0, 0.05) is 31.3 Å². The van der Waals surface area contributed by atoms with Crippen LogP contribution in [0.2, 0.25) is 0 Å². The highest BCUT2D eigenvalue weighted by Gasteiger charge is 1.98. The topological polar surface area (TPSA) is 113 Å². The summed E-state index contributed by atoms with van der Waals surface area (Å²) in [5.41, 5.74) is 6.25. The SMILES string of the molecule is CC.N/C(=C\NCCCCC(=O)O)CCCC(=O)O. The molecule has 0 saturated carbocycles. The van der Waals surface area contributed by atoms with E-state index in [4.69, 9.17) is 15.9 Å². The van der Waals surface area contributed by atoms with Crippen LogP contribution in [0.4, 0.5) is 0 Å². The molecule has 0 aromatic heterocycles. The quantitative estimate of drug-likeness (QED) is 0.453. The minimum absolute atomic E-state index is 0.118. The predicted octanol–water partition coefficient (Wildman–Crippen LogP) is 1.91. The highest BCUT2D eigenvalue weighted by atomic mass is 16.4. The molecule has 0 rings (SSSR count). The fourth-order valence-electron chi connectivity index (χ4n) is 1.22. The number of carboxylic acids is 2. The molecule has 112 valence electrons. The molecule has 0 aromatic rings. The van der Waals surface area contributed by atoms with Gasteiger partial charge in [0.25, 0.3) is 0 Å². The Morgan fingerprint density at radius 2 is 1.53 bits per heavy atom. The molecule has 0 radical (unpaired) electrons. The molecular weight excluding hydrogens is 248 g/mol. The van der Waals surface area contributed by atoms with E-state index in [9.17, 15) is 9.59 Å². The molecule has 6 nitrogen and oxygen atoms in total. The largest absolute Gasteiger partial charge is 0.481 e. The standard InChI is InChI=1S/C11H20N2O4.C2H6/c12-9(4-3-6-11(16)17)8-13-7-2-1-5-10(14)15;1-2/h8,13H,1-7,12H2,(H,14,15)(H,16,17);1-2H3/b9-8-;. The maximum atomic E-state index is 10.2. The number of carboxylic acid groups (broad SMARTS) is 2. The molecule has 0 aromatic carbocycles. The highest BCUT2D eigenvalue weighted by Crippen LogP contribution is 2.01. The molecule has 0 bridgehead atoms. The van der Waals surface area contributed by atoms with Crippen LogP contribution in [0.15, 0.2) is 11.9 Å². The molecule has 0 atom stereocenters. The van der Waals surface area contributed by atoms with Crippen LogP contribution in [0.3, 0.4) is 0 Å². The van der Waals surface area contributed by atoms with Crippen LogP contribution in [-0.2, 0) is 9.59 Å². The number of hydrogen-bond donors (Lipinski definition) is 4. The zero-order valence-electron chi connectivity index (χ0n) is 11.8. The van der Waals surface area contributed by atoms with Crippen molar-refractivity contribution in [2.45, 2.75) is 52.4 Å². The summed E-state index contributed by atoms with van der Waals surface area (Å²) in [6, 6.07) is 0. The van der Waals surface area contributed by atoms with Crippen molar-refractivity contribution in [2.24, 2.45) is 5.73 Å². The van der Waals surface area contributed by atoms with Gasteiger partial charge in [0.2, 0.25) is 0 Å². The summed E-state index contributed by atoms with van der Waals surface area (Å²) in [6.07, 6.45) is 4.43. The van der Waals surface area contributed by atoms with E-state index >= 15 is 0 Å². The lowest BCUT2D eigenvalue weighted by Crippen LogP contribution is -2.12. The molecule has 19 heavy (non-hydrogen) atoms. The Hall–Kier alpha value is -1.72. The Morgan fingerprint density at radius 3 is 2.05 bits per heavy atom. The van der Waals surface area contributed by atoms with Crippen LogP contribution >= 0.6 is 0 Å². The molecule has 0 aliphatic heterocycles. The summed E-state index contributed by atoms with van der Waals surface area (Å²) >= 11 is 0. The van der Waals surface area contributed by atoms with Gasteiger partial charge < -0.3 is 21.3 Å². The van der Waals surface area contributed by atoms with Gasteiger partial charge in [-0.1, -0.05) is 13.8 Å². The third-order valence-corrected chi connectivity index (χ3v) is 2.11. The Kier molecular flexibility index (Phi) is 14.8. The lowest BCUT2D eigenvalue weighted by atomic mass is 10.2. The van der Waals surface area contributed by atoms with Gasteiger partial charge in [0.05, 0.1) is 0 Å². The maximum Gasteiger partial charge on any atom is 0.303 e. The number of rotatable bonds is 10. The molecule has 0 amide bonds. The normalized spacial score (nSPS) is 10.3. The number of hydrogen-bond acceptors (Lipinski definition) is 4. The monoisotopic (exact) mass is 274 g/mol. The average molecular weight is 274 g/mol. The first-order valence-electron chi connectivity index (χ1n) is 6.64. The van der Waals surface area contributed by atoms with Gasteiger partial charge in [0.15, 0.2) is 0 Å². The first kappa shape index (κ1) is 19.6. The summed E-state index contributed by atoms with van der Waals surface area (Å²) in [5, 5.41) is 19.8. The van der Waals surface area contributed by atoms with Gasteiger partial charge in [-0.25, -0.2) is 0 Å². The van der Waals surface area contributed by atoms with E-state index in [1.54, 1.807) is 6.20 Å². The van der Waals surface area contributed by atoms with E-state index in [-0.39, 0.29) is 12.8 Å². The van der Waals surface area contributed by atoms with Crippen LogP contribution in [0.1, 0.15) is 52.4 Å². The molecular formula is C13H26N2O4. The molecule has 0 saturated heterocycles. The zero-order valence-corrected chi connectivity index (χ0v) is 11.8. The summed E-state index contributed by atoms with van der Waals surface area (Å²) in [5.74, 6) is -1.60. The number of aliphatic carboxylic acids is 2. The van der Waals surface area contributed by atoms with Crippen molar-refractivity contribution in [2.75, 3.05) is 6.54 Å². The van der Waals surface area contributed by atoms with Crippen molar-refractivity contribution in [1.29, 1.82) is 0 Å². The second-order valence-corrected chi connectivity index (χ2v) is 3.77. The second kappa shape index (κ2) is 14.3. The van der Waals surface area contributed by atoms with Crippen molar-refractivity contribution in [3.63, 3.8) is 0 Å². The van der Waals surface area contributed by atoms with E-state index in [1.165, 1.54) is 0 Å².